The number of carbonyl (C=O) groups is 2. The molecule has 0 radical (unpaired) electrons. The van der Waals surface area contributed by atoms with Crippen LogP contribution < -0.4 is 10.6 Å². The van der Waals surface area contributed by atoms with E-state index in [9.17, 15) is 9.59 Å². The number of alkyl carbamates (subject to hydrolysis) is 1. The molecule has 1 unspecified atom stereocenters. The van der Waals surface area contributed by atoms with E-state index in [1.807, 2.05) is 81.4 Å². The second kappa shape index (κ2) is 9.48. The first-order chi connectivity index (χ1) is 14.3. The van der Waals surface area contributed by atoms with Gasteiger partial charge in [-0.3, -0.25) is 4.79 Å². The van der Waals surface area contributed by atoms with E-state index in [0.29, 0.717) is 18.7 Å². The number of nitrogens with one attached hydrogen (secondary N) is 2. The second-order valence-corrected chi connectivity index (χ2v) is 8.13. The van der Waals surface area contributed by atoms with Crippen molar-refractivity contribution in [3.63, 3.8) is 0 Å². The van der Waals surface area contributed by atoms with Gasteiger partial charge >= 0.3 is 6.09 Å². The van der Waals surface area contributed by atoms with E-state index in [-0.39, 0.29) is 18.4 Å². The van der Waals surface area contributed by atoms with Gasteiger partial charge in [0.05, 0.1) is 0 Å². The number of hydrogen-bond acceptors (Lipinski definition) is 4. The Labute approximate surface area is 176 Å². The third kappa shape index (κ3) is 6.11. The van der Waals surface area contributed by atoms with Crippen molar-refractivity contribution >= 4 is 23.0 Å². The molecule has 0 saturated heterocycles. The molecule has 6 heteroatoms. The summed E-state index contributed by atoms with van der Waals surface area (Å²) < 4.78 is 11.2. The third-order valence-electron chi connectivity index (χ3n) is 4.42. The summed E-state index contributed by atoms with van der Waals surface area (Å²) in [4.78, 5) is 24.3. The minimum Gasteiger partial charge on any atom is -0.459 e. The molecule has 3 aromatic rings. The SMILES string of the molecule is CC(C)(C)OC(=O)NCCCC(=O)NC(c1ccccc1)c1cc2ccccc2o1. The summed E-state index contributed by atoms with van der Waals surface area (Å²) in [7, 11) is 0. The Morgan fingerprint density at radius 2 is 1.73 bits per heavy atom. The number of furan rings is 1. The fraction of sp³-hybridized carbons (Fsp3) is 0.333. The van der Waals surface area contributed by atoms with E-state index in [1.165, 1.54) is 0 Å². The lowest BCUT2D eigenvalue weighted by molar-refractivity contribution is -0.121. The normalized spacial score (nSPS) is 12.4. The number of rotatable bonds is 7. The second-order valence-electron chi connectivity index (χ2n) is 8.13. The summed E-state index contributed by atoms with van der Waals surface area (Å²) in [5, 5.41) is 6.72. The smallest absolute Gasteiger partial charge is 0.407 e. The molecule has 2 amide bonds. The summed E-state index contributed by atoms with van der Waals surface area (Å²) in [5.74, 6) is 0.568. The highest BCUT2D eigenvalue weighted by atomic mass is 16.6. The zero-order valence-electron chi connectivity index (χ0n) is 17.6. The van der Waals surface area contributed by atoms with Crippen LogP contribution >= 0.6 is 0 Å². The van der Waals surface area contributed by atoms with Crippen molar-refractivity contribution in [2.45, 2.75) is 45.3 Å². The first-order valence-electron chi connectivity index (χ1n) is 10.1. The maximum absolute atomic E-state index is 12.6. The summed E-state index contributed by atoms with van der Waals surface area (Å²) in [6, 6.07) is 19.1. The van der Waals surface area contributed by atoms with Crippen LogP contribution in [-0.4, -0.2) is 24.1 Å². The fourth-order valence-corrected chi connectivity index (χ4v) is 3.10. The maximum atomic E-state index is 12.6. The van der Waals surface area contributed by atoms with Crippen LogP contribution in [-0.2, 0) is 9.53 Å². The van der Waals surface area contributed by atoms with Gasteiger partial charge in [-0.15, -0.1) is 0 Å². The number of benzene rings is 2. The van der Waals surface area contributed by atoms with E-state index in [1.54, 1.807) is 0 Å². The van der Waals surface area contributed by atoms with Crippen molar-refractivity contribution in [1.29, 1.82) is 0 Å². The van der Waals surface area contributed by atoms with E-state index in [0.717, 1.165) is 16.5 Å². The summed E-state index contributed by atoms with van der Waals surface area (Å²) >= 11 is 0. The predicted molar refractivity (Wildman–Crippen MR) is 116 cm³/mol. The largest absolute Gasteiger partial charge is 0.459 e. The van der Waals surface area contributed by atoms with Crippen molar-refractivity contribution in [2.24, 2.45) is 0 Å². The van der Waals surface area contributed by atoms with Gasteiger partial charge in [-0.05, 0) is 44.9 Å². The molecule has 0 aliphatic carbocycles. The van der Waals surface area contributed by atoms with Gasteiger partial charge < -0.3 is 19.8 Å². The molecule has 0 fully saturated rings. The highest BCUT2D eigenvalue weighted by molar-refractivity contribution is 5.79. The Morgan fingerprint density at radius 1 is 1.03 bits per heavy atom. The monoisotopic (exact) mass is 408 g/mol. The van der Waals surface area contributed by atoms with Gasteiger partial charge in [0.15, 0.2) is 0 Å². The Bertz CT molecular complexity index is 956. The highest BCUT2D eigenvalue weighted by Gasteiger charge is 2.21. The quantitative estimate of drug-likeness (QED) is 0.543. The molecule has 0 aliphatic rings. The molecule has 30 heavy (non-hydrogen) atoms. The van der Waals surface area contributed by atoms with Crippen LogP contribution in [0, 0.1) is 0 Å². The molecule has 158 valence electrons. The summed E-state index contributed by atoms with van der Waals surface area (Å²) in [6.07, 6.45) is 0.304. The lowest BCUT2D eigenvalue weighted by Gasteiger charge is -2.20. The number of ether oxygens (including phenoxy) is 1. The molecule has 6 nitrogen and oxygen atoms in total. The Morgan fingerprint density at radius 3 is 2.43 bits per heavy atom. The van der Waals surface area contributed by atoms with Gasteiger partial charge in [0.25, 0.3) is 0 Å². The molecule has 1 aromatic heterocycles. The molecule has 2 N–H and O–H groups in total. The molecular formula is C24H28N2O4. The minimum atomic E-state index is -0.545. The predicted octanol–water partition coefficient (Wildman–Crippen LogP) is 4.94. The molecule has 1 atom stereocenters. The zero-order chi connectivity index (χ0) is 21.6. The molecule has 0 spiro atoms. The Hall–Kier alpha value is -3.28. The first-order valence-corrected chi connectivity index (χ1v) is 10.1. The maximum Gasteiger partial charge on any atom is 0.407 e. The van der Waals surface area contributed by atoms with E-state index >= 15 is 0 Å². The molecule has 0 bridgehead atoms. The van der Waals surface area contributed by atoms with Gasteiger partial charge in [0.1, 0.15) is 23.0 Å². The van der Waals surface area contributed by atoms with Crippen LogP contribution in [0.3, 0.4) is 0 Å². The molecular weight excluding hydrogens is 380 g/mol. The van der Waals surface area contributed by atoms with Crippen molar-refractivity contribution in [1.82, 2.24) is 10.6 Å². The number of hydrogen-bond donors (Lipinski definition) is 2. The zero-order valence-corrected chi connectivity index (χ0v) is 17.6. The van der Waals surface area contributed by atoms with Crippen molar-refractivity contribution in [3.8, 4) is 0 Å². The lowest BCUT2D eigenvalue weighted by atomic mass is 10.0. The summed E-state index contributed by atoms with van der Waals surface area (Å²) in [6.45, 7) is 5.79. The van der Waals surface area contributed by atoms with Gasteiger partial charge in [0, 0.05) is 18.4 Å². The van der Waals surface area contributed by atoms with E-state index in [2.05, 4.69) is 10.6 Å². The first kappa shape index (κ1) is 21.4. The van der Waals surface area contributed by atoms with Gasteiger partial charge in [-0.2, -0.15) is 0 Å². The van der Waals surface area contributed by atoms with Crippen molar-refractivity contribution in [2.75, 3.05) is 6.54 Å². The fourth-order valence-electron chi connectivity index (χ4n) is 3.10. The average Bonchev–Trinajstić information content (AvgIpc) is 3.12. The minimum absolute atomic E-state index is 0.115. The standard InChI is InChI=1S/C24H28N2O4/c1-24(2,3)30-23(28)25-15-9-14-21(27)26-22(17-10-5-4-6-11-17)20-16-18-12-7-8-13-19(18)29-20/h4-8,10-13,16,22H,9,14-15H2,1-3H3,(H,25,28)(H,26,27). The van der Waals surface area contributed by atoms with Crippen molar-refractivity contribution in [3.05, 3.63) is 72.0 Å². The van der Waals surface area contributed by atoms with Crippen molar-refractivity contribution < 1.29 is 18.7 Å². The summed E-state index contributed by atoms with van der Waals surface area (Å²) in [5.41, 5.74) is 1.18. The van der Waals surface area contributed by atoms with Gasteiger partial charge in [-0.1, -0.05) is 48.5 Å². The molecule has 0 saturated carbocycles. The van der Waals surface area contributed by atoms with Crippen LogP contribution in [0.1, 0.15) is 51.0 Å². The highest BCUT2D eigenvalue weighted by Crippen LogP contribution is 2.28. The van der Waals surface area contributed by atoms with Gasteiger partial charge in [0.2, 0.25) is 5.91 Å². The van der Waals surface area contributed by atoms with Crippen LogP contribution in [0.2, 0.25) is 0 Å². The lowest BCUT2D eigenvalue weighted by Crippen LogP contribution is -2.34. The topological polar surface area (TPSA) is 80.6 Å². The van der Waals surface area contributed by atoms with E-state index in [4.69, 9.17) is 9.15 Å². The number of carbonyl (C=O) groups excluding carboxylic acids is 2. The third-order valence-corrected chi connectivity index (χ3v) is 4.42. The number of amides is 2. The molecule has 2 aromatic carbocycles. The van der Waals surface area contributed by atoms with Crippen LogP contribution in [0.4, 0.5) is 4.79 Å². The molecule has 3 rings (SSSR count). The van der Waals surface area contributed by atoms with Gasteiger partial charge in [-0.25, -0.2) is 4.79 Å². The van der Waals surface area contributed by atoms with Crippen LogP contribution in [0.15, 0.2) is 65.1 Å². The molecule has 1 heterocycles. The van der Waals surface area contributed by atoms with E-state index < -0.39 is 11.7 Å². The Balaban J connectivity index is 1.61. The average molecular weight is 408 g/mol. The van der Waals surface area contributed by atoms with Crippen LogP contribution in [0.5, 0.6) is 0 Å². The number of para-hydroxylation sites is 1. The molecule has 0 aliphatic heterocycles. The Kier molecular flexibility index (Phi) is 6.77. The number of fused-ring (bicyclic) bond motifs is 1. The van der Waals surface area contributed by atoms with Crippen LogP contribution in [0.25, 0.3) is 11.0 Å².